The van der Waals surface area contributed by atoms with Gasteiger partial charge in [0.15, 0.2) is 0 Å². The predicted octanol–water partition coefficient (Wildman–Crippen LogP) is 4.92. The van der Waals surface area contributed by atoms with Crippen molar-refractivity contribution in [3.8, 4) is 11.1 Å². The number of nitrogens with two attached hydrogens (primary N) is 1. The normalized spacial score (nSPS) is 13.5. The summed E-state index contributed by atoms with van der Waals surface area (Å²) in [5, 5.41) is 4.75. The topological polar surface area (TPSA) is 88.8 Å². The molecule has 4 aromatic rings. The number of halogens is 3. The molecule has 0 aliphatic rings. The van der Waals surface area contributed by atoms with Crippen LogP contribution in [0.15, 0.2) is 71.6 Å². The van der Waals surface area contributed by atoms with Crippen LogP contribution >= 0.6 is 12.6 Å². The average Bonchev–Trinajstić information content (AvgIpc) is 3.15. The maximum atomic E-state index is 12.8. The molecule has 160 valence electrons. The van der Waals surface area contributed by atoms with E-state index in [1.54, 1.807) is 36.4 Å². The van der Waals surface area contributed by atoms with Crippen molar-refractivity contribution in [2.24, 2.45) is 5.14 Å². The number of rotatable bonds is 4. The lowest BCUT2D eigenvalue weighted by Crippen LogP contribution is -2.13. The minimum atomic E-state index is -4.41. The number of hydrogen-bond donors (Lipinski definition) is 3. The summed E-state index contributed by atoms with van der Waals surface area (Å²) in [6.45, 7) is 0. The smallest absolute Gasteiger partial charge is 0.341 e. The number of fused-ring (bicyclic) bond motifs is 1. The number of aromatic nitrogens is 2. The second-order valence-corrected chi connectivity index (χ2v) is 8.96. The minimum absolute atomic E-state index is 0.00548. The number of nitrogens with one attached hydrogen (secondary N) is 1. The van der Waals surface area contributed by atoms with Gasteiger partial charge in [-0.05, 0) is 41.5 Å². The molecular formula is C21H16F3N3O2S2. The van der Waals surface area contributed by atoms with Crippen molar-refractivity contribution in [1.29, 1.82) is 0 Å². The first-order valence-corrected chi connectivity index (χ1v) is 11.1. The average molecular weight is 464 g/mol. The van der Waals surface area contributed by atoms with Gasteiger partial charge in [0.1, 0.15) is 5.82 Å². The lowest BCUT2D eigenvalue weighted by Gasteiger charge is -2.11. The van der Waals surface area contributed by atoms with E-state index in [2.05, 4.69) is 22.6 Å². The molecule has 1 unspecified atom stereocenters. The van der Waals surface area contributed by atoms with Gasteiger partial charge in [0, 0.05) is 5.56 Å². The van der Waals surface area contributed by atoms with E-state index >= 15 is 0 Å². The van der Waals surface area contributed by atoms with Gasteiger partial charge in [-0.1, -0.05) is 36.4 Å². The number of primary sulfonamides is 1. The van der Waals surface area contributed by atoms with Crippen LogP contribution in [0.3, 0.4) is 0 Å². The Labute approximate surface area is 181 Å². The molecule has 31 heavy (non-hydrogen) atoms. The second-order valence-electron chi connectivity index (χ2n) is 6.92. The zero-order valence-corrected chi connectivity index (χ0v) is 17.5. The third kappa shape index (κ3) is 4.32. The summed E-state index contributed by atoms with van der Waals surface area (Å²) >= 11 is 4.51. The van der Waals surface area contributed by atoms with Gasteiger partial charge in [-0.3, -0.25) is 0 Å². The van der Waals surface area contributed by atoms with Crippen LogP contribution in [-0.2, 0) is 16.2 Å². The first-order valence-electron chi connectivity index (χ1n) is 9.01. The molecule has 0 radical (unpaired) electrons. The fourth-order valence-corrected chi connectivity index (χ4v) is 4.35. The Balaban J connectivity index is 1.70. The standard InChI is InChI=1S/C21H16F3N3O2S2/c22-21(23,24)14-8-5-12(6-9-14)19(30)20-26-16-10-7-13(11-17(16)27-20)15-3-1-2-4-18(15)31(25,28)29/h1-11,19,30H,(H,26,27)(H2,25,28,29). The van der Waals surface area contributed by atoms with Crippen molar-refractivity contribution in [3.05, 3.63) is 83.7 Å². The van der Waals surface area contributed by atoms with Gasteiger partial charge in [0.2, 0.25) is 10.0 Å². The molecule has 0 bridgehead atoms. The van der Waals surface area contributed by atoms with E-state index in [1.807, 2.05) is 0 Å². The summed E-state index contributed by atoms with van der Waals surface area (Å²) in [4.78, 5) is 7.59. The van der Waals surface area contributed by atoms with Gasteiger partial charge >= 0.3 is 6.18 Å². The highest BCUT2D eigenvalue weighted by molar-refractivity contribution is 7.89. The lowest BCUT2D eigenvalue weighted by atomic mass is 10.1. The maximum Gasteiger partial charge on any atom is 0.416 e. The van der Waals surface area contributed by atoms with Crippen LogP contribution in [0.25, 0.3) is 22.2 Å². The van der Waals surface area contributed by atoms with Crippen molar-refractivity contribution in [2.75, 3.05) is 0 Å². The van der Waals surface area contributed by atoms with E-state index in [9.17, 15) is 21.6 Å². The Morgan fingerprint density at radius 1 is 1.00 bits per heavy atom. The van der Waals surface area contributed by atoms with E-state index in [1.165, 1.54) is 18.2 Å². The number of benzene rings is 3. The molecule has 0 aliphatic heterocycles. The Kier molecular flexibility index (Phi) is 5.32. The van der Waals surface area contributed by atoms with E-state index in [4.69, 9.17) is 5.14 Å². The third-order valence-corrected chi connectivity index (χ3v) is 6.33. The van der Waals surface area contributed by atoms with E-state index in [0.29, 0.717) is 33.5 Å². The molecule has 0 saturated heterocycles. The first kappa shape index (κ1) is 21.4. The molecule has 10 heteroatoms. The van der Waals surface area contributed by atoms with Crippen molar-refractivity contribution in [3.63, 3.8) is 0 Å². The van der Waals surface area contributed by atoms with Crippen LogP contribution in [0.1, 0.15) is 22.2 Å². The Bertz CT molecular complexity index is 1360. The van der Waals surface area contributed by atoms with Gasteiger partial charge in [-0.15, -0.1) is 0 Å². The summed E-state index contributed by atoms with van der Waals surface area (Å²) in [6, 6.07) is 16.3. The Morgan fingerprint density at radius 3 is 2.32 bits per heavy atom. The third-order valence-electron chi connectivity index (χ3n) is 4.82. The largest absolute Gasteiger partial charge is 0.416 e. The summed E-state index contributed by atoms with van der Waals surface area (Å²) < 4.78 is 62.1. The number of H-pyrrole nitrogens is 1. The zero-order valence-electron chi connectivity index (χ0n) is 15.8. The van der Waals surface area contributed by atoms with Crippen molar-refractivity contribution < 1.29 is 21.6 Å². The number of imidazole rings is 1. The number of alkyl halides is 3. The fraction of sp³-hybridized carbons (Fsp3) is 0.0952. The van der Waals surface area contributed by atoms with Gasteiger partial charge in [-0.25, -0.2) is 18.5 Å². The first-order chi connectivity index (χ1) is 14.5. The van der Waals surface area contributed by atoms with Crippen LogP contribution in [0.4, 0.5) is 13.2 Å². The minimum Gasteiger partial charge on any atom is -0.341 e. The number of sulfonamides is 1. The number of aromatic amines is 1. The molecule has 1 heterocycles. The summed E-state index contributed by atoms with van der Waals surface area (Å²) in [7, 11) is -3.91. The van der Waals surface area contributed by atoms with Crippen molar-refractivity contribution in [2.45, 2.75) is 16.3 Å². The van der Waals surface area contributed by atoms with Crippen LogP contribution in [0, 0.1) is 0 Å². The zero-order chi connectivity index (χ0) is 22.4. The molecule has 3 N–H and O–H groups in total. The van der Waals surface area contributed by atoms with Gasteiger partial charge in [-0.2, -0.15) is 25.8 Å². The summed E-state index contributed by atoms with van der Waals surface area (Å²) in [6.07, 6.45) is -4.41. The summed E-state index contributed by atoms with van der Waals surface area (Å²) in [5.74, 6) is 0.454. The van der Waals surface area contributed by atoms with Gasteiger partial charge in [0.05, 0.1) is 26.7 Å². The molecule has 1 aromatic heterocycles. The highest BCUT2D eigenvalue weighted by Gasteiger charge is 2.30. The maximum absolute atomic E-state index is 12.8. The van der Waals surface area contributed by atoms with E-state index < -0.39 is 27.0 Å². The highest BCUT2D eigenvalue weighted by atomic mass is 32.2. The van der Waals surface area contributed by atoms with Crippen LogP contribution < -0.4 is 5.14 Å². The van der Waals surface area contributed by atoms with E-state index in [-0.39, 0.29) is 4.90 Å². The second kappa shape index (κ2) is 7.70. The highest BCUT2D eigenvalue weighted by Crippen LogP contribution is 2.34. The van der Waals surface area contributed by atoms with Crippen LogP contribution in [0.5, 0.6) is 0 Å². The van der Waals surface area contributed by atoms with Gasteiger partial charge < -0.3 is 4.98 Å². The van der Waals surface area contributed by atoms with Crippen LogP contribution in [0.2, 0.25) is 0 Å². The van der Waals surface area contributed by atoms with Crippen molar-refractivity contribution in [1.82, 2.24) is 9.97 Å². The number of hydrogen-bond acceptors (Lipinski definition) is 4. The molecular weight excluding hydrogens is 447 g/mol. The quantitative estimate of drug-likeness (QED) is 0.376. The number of thiol groups is 1. The molecule has 0 aliphatic carbocycles. The van der Waals surface area contributed by atoms with Crippen LogP contribution in [-0.4, -0.2) is 18.4 Å². The Hall–Kier alpha value is -2.82. The molecule has 1 atom stereocenters. The Morgan fingerprint density at radius 2 is 1.68 bits per heavy atom. The molecule has 4 rings (SSSR count). The molecule has 0 amide bonds. The van der Waals surface area contributed by atoms with Crippen molar-refractivity contribution >= 4 is 33.7 Å². The number of nitrogens with zero attached hydrogens (tertiary/aromatic N) is 1. The molecule has 0 fully saturated rings. The molecule has 3 aromatic carbocycles. The lowest BCUT2D eigenvalue weighted by molar-refractivity contribution is -0.137. The summed E-state index contributed by atoms with van der Waals surface area (Å²) in [5.41, 5.74) is 2.13. The predicted molar refractivity (Wildman–Crippen MR) is 115 cm³/mol. The fourth-order valence-electron chi connectivity index (χ4n) is 3.29. The van der Waals surface area contributed by atoms with Gasteiger partial charge in [0.25, 0.3) is 0 Å². The van der Waals surface area contributed by atoms with E-state index in [0.717, 1.165) is 12.1 Å². The molecule has 0 saturated carbocycles. The monoisotopic (exact) mass is 463 g/mol. The molecule has 5 nitrogen and oxygen atoms in total. The SMILES string of the molecule is NS(=O)(=O)c1ccccc1-c1ccc2nc(C(S)c3ccc(C(F)(F)F)cc3)[nH]c2c1. The molecule has 0 spiro atoms.